The van der Waals surface area contributed by atoms with E-state index in [1.807, 2.05) is 0 Å². The van der Waals surface area contributed by atoms with Crippen molar-refractivity contribution in [2.75, 3.05) is 6.54 Å². The first-order chi connectivity index (χ1) is 7.27. The SMILES string of the molecule is O=C(NCC1CCCC1O)c1nn[nH]n1. The Labute approximate surface area is 86.3 Å². The summed E-state index contributed by atoms with van der Waals surface area (Å²) >= 11 is 0. The first-order valence-electron chi connectivity index (χ1n) is 4.97. The molecule has 82 valence electrons. The summed E-state index contributed by atoms with van der Waals surface area (Å²) in [6, 6.07) is 0. The molecule has 1 aliphatic carbocycles. The highest BCUT2D eigenvalue weighted by atomic mass is 16.3. The van der Waals surface area contributed by atoms with Crippen LogP contribution in [0.5, 0.6) is 0 Å². The number of aromatic amines is 1. The number of hydrogen-bond acceptors (Lipinski definition) is 5. The van der Waals surface area contributed by atoms with E-state index >= 15 is 0 Å². The molecule has 0 aromatic carbocycles. The first kappa shape index (κ1) is 10.0. The predicted octanol–water partition coefficient (Wildman–Crippen LogP) is -0.910. The van der Waals surface area contributed by atoms with Gasteiger partial charge < -0.3 is 10.4 Å². The molecule has 0 saturated heterocycles. The Hall–Kier alpha value is -1.50. The van der Waals surface area contributed by atoms with Gasteiger partial charge in [-0.3, -0.25) is 4.79 Å². The molecule has 7 nitrogen and oxygen atoms in total. The van der Waals surface area contributed by atoms with E-state index in [1.54, 1.807) is 0 Å². The predicted molar refractivity (Wildman–Crippen MR) is 49.9 cm³/mol. The molecule has 0 spiro atoms. The molecule has 0 aliphatic heterocycles. The number of rotatable bonds is 3. The molecule has 1 amide bonds. The lowest BCUT2D eigenvalue weighted by Gasteiger charge is -2.13. The molecular formula is C8H13N5O2. The highest BCUT2D eigenvalue weighted by Crippen LogP contribution is 2.24. The van der Waals surface area contributed by atoms with Gasteiger partial charge in [0.2, 0.25) is 0 Å². The van der Waals surface area contributed by atoms with Crippen LogP contribution in [0.25, 0.3) is 0 Å². The van der Waals surface area contributed by atoms with Crippen molar-refractivity contribution < 1.29 is 9.90 Å². The molecule has 2 unspecified atom stereocenters. The number of aliphatic hydroxyl groups is 1. The normalized spacial score (nSPS) is 25.4. The molecule has 2 rings (SSSR count). The third-order valence-electron chi connectivity index (χ3n) is 2.69. The molecule has 0 bridgehead atoms. The lowest BCUT2D eigenvalue weighted by atomic mass is 10.1. The van der Waals surface area contributed by atoms with Crippen LogP contribution in [0.2, 0.25) is 0 Å². The van der Waals surface area contributed by atoms with Gasteiger partial charge in [-0.2, -0.15) is 5.21 Å². The van der Waals surface area contributed by atoms with Crippen LogP contribution in [0.4, 0.5) is 0 Å². The lowest BCUT2D eigenvalue weighted by molar-refractivity contribution is 0.0907. The molecule has 1 saturated carbocycles. The van der Waals surface area contributed by atoms with Gasteiger partial charge in [-0.15, -0.1) is 10.2 Å². The van der Waals surface area contributed by atoms with Gasteiger partial charge in [-0.1, -0.05) is 6.42 Å². The van der Waals surface area contributed by atoms with E-state index in [1.165, 1.54) is 0 Å². The van der Waals surface area contributed by atoms with Crippen molar-refractivity contribution in [1.82, 2.24) is 25.9 Å². The monoisotopic (exact) mass is 211 g/mol. The number of aliphatic hydroxyl groups excluding tert-OH is 1. The zero-order valence-electron chi connectivity index (χ0n) is 8.18. The topological polar surface area (TPSA) is 104 Å². The molecule has 1 heterocycles. The van der Waals surface area contributed by atoms with E-state index in [9.17, 15) is 9.90 Å². The number of carbonyl (C=O) groups is 1. The van der Waals surface area contributed by atoms with E-state index in [0.717, 1.165) is 19.3 Å². The smallest absolute Gasteiger partial charge is 0.292 e. The number of nitrogens with zero attached hydrogens (tertiary/aromatic N) is 3. The second kappa shape index (κ2) is 4.35. The fourth-order valence-corrected chi connectivity index (χ4v) is 1.82. The van der Waals surface area contributed by atoms with Gasteiger partial charge in [-0.25, -0.2) is 0 Å². The summed E-state index contributed by atoms with van der Waals surface area (Å²) in [6.45, 7) is 0.467. The molecule has 2 atom stereocenters. The fraction of sp³-hybridized carbons (Fsp3) is 0.750. The highest BCUT2D eigenvalue weighted by molar-refractivity contribution is 5.89. The number of nitrogens with one attached hydrogen (secondary N) is 2. The third-order valence-corrected chi connectivity index (χ3v) is 2.69. The van der Waals surface area contributed by atoms with Crippen LogP contribution in [-0.4, -0.2) is 44.3 Å². The van der Waals surface area contributed by atoms with Crippen molar-refractivity contribution in [3.8, 4) is 0 Å². The Morgan fingerprint density at radius 1 is 1.60 bits per heavy atom. The molecular weight excluding hydrogens is 198 g/mol. The second-order valence-electron chi connectivity index (χ2n) is 3.70. The number of tetrazole rings is 1. The van der Waals surface area contributed by atoms with Crippen molar-refractivity contribution in [3.05, 3.63) is 5.82 Å². The fourth-order valence-electron chi connectivity index (χ4n) is 1.82. The average molecular weight is 211 g/mol. The van der Waals surface area contributed by atoms with Crippen LogP contribution in [0.1, 0.15) is 29.9 Å². The minimum Gasteiger partial charge on any atom is -0.393 e. The van der Waals surface area contributed by atoms with Crippen molar-refractivity contribution in [3.63, 3.8) is 0 Å². The van der Waals surface area contributed by atoms with E-state index in [-0.39, 0.29) is 23.8 Å². The second-order valence-corrected chi connectivity index (χ2v) is 3.70. The Morgan fingerprint density at radius 3 is 3.07 bits per heavy atom. The van der Waals surface area contributed by atoms with Crippen molar-refractivity contribution >= 4 is 5.91 Å². The summed E-state index contributed by atoms with van der Waals surface area (Å²) in [4.78, 5) is 11.4. The van der Waals surface area contributed by atoms with Gasteiger partial charge in [0.1, 0.15) is 0 Å². The summed E-state index contributed by atoms with van der Waals surface area (Å²) in [6.07, 6.45) is 2.50. The van der Waals surface area contributed by atoms with Gasteiger partial charge in [0.05, 0.1) is 6.10 Å². The van der Waals surface area contributed by atoms with Crippen molar-refractivity contribution in [2.24, 2.45) is 5.92 Å². The van der Waals surface area contributed by atoms with E-state index < -0.39 is 0 Å². The number of amides is 1. The van der Waals surface area contributed by atoms with Crippen molar-refractivity contribution in [1.29, 1.82) is 0 Å². The van der Waals surface area contributed by atoms with Crippen LogP contribution in [0, 0.1) is 5.92 Å². The summed E-state index contributed by atoms with van der Waals surface area (Å²) < 4.78 is 0. The Kier molecular flexibility index (Phi) is 2.91. The maximum atomic E-state index is 11.4. The molecule has 7 heteroatoms. The highest BCUT2D eigenvalue weighted by Gasteiger charge is 2.25. The summed E-state index contributed by atoms with van der Waals surface area (Å²) in [7, 11) is 0. The molecule has 15 heavy (non-hydrogen) atoms. The van der Waals surface area contributed by atoms with Gasteiger partial charge in [0, 0.05) is 12.5 Å². The summed E-state index contributed by atoms with van der Waals surface area (Å²) in [5, 5.41) is 24.8. The third kappa shape index (κ3) is 2.30. The molecule has 1 fully saturated rings. The molecule has 1 aromatic heterocycles. The van der Waals surface area contributed by atoms with Gasteiger partial charge in [0.25, 0.3) is 11.7 Å². The van der Waals surface area contributed by atoms with E-state index in [4.69, 9.17) is 0 Å². The van der Waals surface area contributed by atoms with Gasteiger partial charge in [0.15, 0.2) is 0 Å². The molecule has 1 aromatic rings. The summed E-state index contributed by atoms with van der Waals surface area (Å²) in [5.41, 5.74) is 0. The van der Waals surface area contributed by atoms with Crippen LogP contribution >= 0.6 is 0 Å². The maximum absolute atomic E-state index is 11.4. The molecule has 3 N–H and O–H groups in total. The quantitative estimate of drug-likeness (QED) is 0.600. The minimum atomic E-state index is -0.358. The lowest BCUT2D eigenvalue weighted by Crippen LogP contribution is -2.33. The first-order valence-corrected chi connectivity index (χ1v) is 4.97. The largest absolute Gasteiger partial charge is 0.393 e. The van der Waals surface area contributed by atoms with Crippen LogP contribution in [0.15, 0.2) is 0 Å². The van der Waals surface area contributed by atoms with Gasteiger partial charge in [-0.05, 0) is 18.1 Å². The minimum absolute atomic E-state index is 0.0301. The van der Waals surface area contributed by atoms with E-state index in [2.05, 4.69) is 25.9 Å². The Balaban J connectivity index is 1.81. The van der Waals surface area contributed by atoms with Crippen molar-refractivity contribution in [2.45, 2.75) is 25.4 Å². The average Bonchev–Trinajstić information content (AvgIpc) is 2.85. The standard InChI is InChI=1S/C8H13N5O2/c14-6-3-1-2-5(6)4-9-8(15)7-10-12-13-11-7/h5-6,14H,1-4H2,(H,9,15)(H,10,11,12,13). The van der Waals surface area contributed by atoms with Crippen LogP contribution in [0.3, 0.4) is 0 Å². The van der Waals surface area contributed by atoms with Gasteiger partial charge >= 0.3 is 0 Å². The number of carbonyl (C=O) groups excluding carboxylic acids is 1. The Morgan fingerprint density at radius 2 is 2.47 bits per heavy atom. The number of aromatic nitrogens is 4. The zero-order chi connectivity index (χ0) is 10.7. The maximum Gasteiger partial charge on any atom is 0.292 e. The number of H-pyrrole nitrogens is 1. The van der Waals surface area contributed by atoms with E-state index in [0.29, 0.717) is 6.54 Å². The molecule has 0 radical (unpaired) electrons. The molecule has 1 aliphatic rings. The summed E-state index contributed by atoms with van der Waals surface area (Å²) in [5.74, 6) is -0.175. The van der Waals surface area contributed by atoms with Crippen LogP contribution in [-0.2, 0) is 0 Å². The number of hydrogen-bond donors (Lipinski definition) is 3. The van der Waals surface area contributed by atoms with Crippen LogP contribution < -0.4 is 5.32 Å². The zero-order valence-corrected chi connectivity index (χ0v) is 8.18. The Bertz CT molecular complexity index is 326.